The SMILES string of the molecule is CC(=O)/C(=C/c1cccc(Cl)c1)C(=O)OCCCc1ccccc1. The highest BCUT2D eigenvalue weighted by Gasteiger charge is 2.16. The first-order chi connectivity index (χ1) is 11.6. The van der Waals surface area contributed by atoms with Crippen molar-refractivity contribution in [2.75, 3.05) is 6.61 Å². The summed E-state index contributed by atoms with van der Waals surface area (Å²) in [5.41, 5.74) is 1.90. The van der Waals surface area contributed by atoms with Crippen molar-refractivity contribution >= 4 is 29.4 Å². The first-order valence-corrected chi connectivity index (χ1v) is 8.13. The Bertz CT molecular complexity index is 736. The molecule has 0 heterocycles. The van der Waals surface area contributed by atoms with Crippen molar-refractivity contribution in [2.24, 2.45) is 0 Å². The van der Waals surface area contributed by atoms with E-state index in [4.69, 9.17) is 16.3 Å². The van der Waals surface area contributed by atoms with Crippen LogP contribution in [0.3, 0.4) is 0 Å². The fourth-order valence-electron chi connectivity index (χ4n) is 2.23. The number of carbonyl (C=O) groups is 2. The summed E-state index contributed by atoms with van der Waals surface area (Å²) in [7, 11) is 0. The van der Waals surface area contributed by atoms with Gasteiger partial charge in [0, 0.05) is 5.02 Å². The van der Waals surface area contributed by atoms with Gasteiger partial charge in [-0.3, -0.25) is 4.79 Å². The van der Waals surface area contributed by atoms with Gasteiger partial charge in [0.05, 0.1) is 6.61 Å². The number of aryl methyl sites for hydroxylation is 1. The van der Waals surface area contributed by atoms with Crippen LogP contribution in [0.2, 0.25) is 5.02 Å². The monoisotopic (exact) mass is 342 g/mol. The van der Waals surface area contributed by atoms with E-state index >= 15 is 0 Å². The van der Waals surface area contributed by atoms with Crippen molar-refractivity contribution < 1.29 is 14.3 Å². The molecule has 0 fully saturated rings. The Morgan fingerprint density at radius 2 is 1.83 bits per heavy atom. The summed E-state index contributed by atoms with van der Waals surface area (Å²) in [6.07, 6.45) is 3.04. The second-order valence-electron chi connectivity index (χ2n) is 5.39. The van der Waals surface area contributed by atoms with Crippen LogP contribution in [0, 0.1) is 0 Å². The smallest absolute Gasteiger partial charge is 0.341 e. The predicted octanol–water partition coefficient (Wildman–Crippen LogP) is 4.49. The molecule has 0 saturated heterocycles. The number of rotatable bonds is 7. The Morgan fingerprint density at radius 1 is 1.08 bits per heavy atom. The summed E-state index contributed by atoms with van der Waals surface area (Å²) in [5, 5.41) is 0.544. The van der Waals surface area contributed by atoms with Crippen molar-refractivity contribution in [2.45, 2.75) is 19.8 Å². The Labute approximate surface area is 146 Å². The number of benzene rings is 2. The lowest BCUT2D eigenvalue weighted by molar-refractivity contribution is -0.140. The average molecular weight is 343 g/mol. The third-order valence-corrected chi connectivity index (χ3v) is 3.68. The van der Waals surface area contributed by atoms with E-state index < -0.39 is 5.97 Å². The molecule has 2 rings (SSSR count). The number of Topliss-reactive ketones (excluding diaryl/α,β-unsaturated/α-hetero) is 1. The van der Waals surface area contributed by atoms with Crippen molar-refractivity contribution in [1.82, 2.24) is 0 Å². The zero-order chi connectivity index (χ0) is 17.4. The van der Waals surface area contributed by atoms with E-state index in [-0.39, 0.29) is 18.0 Å². The molecule has 3 nitrogen and oxygen atoms in total. The van der Waals surface area contributed by atoms with Crippen molar-refractivity contribution in [1.29, 1.82) is 0 Å². The lowest BCUT2D eigenvalue weighted by Gasteiger charge is -2.07. The minimum Gasteiger partial charge on any atom is -0.462 e. The number of esters is 1. The molecule has 0 radical (unpaired) electrons. The van der Waals surface area contributed by atoms with Crippen LogP contribution in [0.4, 0.5) is 0 Å². The van der Waals surface area contributed by atoms with Gasteiger partial charge in [-0.2, -0.15) is 0 Å². The number of carbonyl (C=O) groups excluding carboxylic acids is 2. The second kappa shape index (κ2) is 9.04. The fraction of sp³-hybridized carbons (Fsp3) is 0.200. The Hall–Kier alpha value is -2.39. The number of ketones is 1. The van der Waals surface area contributed by atoms with Gasteiger partial charge in [0.15, 0.2) is 5.78 Å². The summed E-state index contributed by atoms with van der Waals surface area (Å²) < 4.78 is 5.23. The summed E-state index contributed by atoms with van der Waals surface area (Å²) in [6.45, 7) is 1.62. The van der Waals surface area contributed by atoms with E-state index in [2.05, 4.69) is 0 Å². The van der Waals surface area contributed by atoms with Crippen LogP contribution in [-0.2, 0) is 20.7 Å². The van der Waals surface area contributed by atoms with Crippen LogP contribution in [0.5, 0.6) is 0 Å². The molecule has 0 aliphatic rings. The Morgan fingerprint density at radius 3 is 2.50 bits per heavy atom. The van der Waals surface area contributed by atoms with Crippen LogP contribution in [0.25, 0.3) is 6.08 Å². The van der Waals surface area contributed by atoms with Crippen molar-refractivity contribution in [3.8, 4) is 0 Å². The maximum atomic E-state index is 12.1. The van der Waals surface area contributed by atoms with Gasteiger partial charge in [0.2, 0.25) is 0 Å². The third kappa shape index (κ3) is 5.67. The van der Waals surface area contributed by atoms with Gasteiger partial charge in [-0.1, -0.05) is 54.1 Å². The molecule has 0 atom stereocenters. The zero-order valence-corrected chi connectivity index (χ0v) is 14.3. The molecule has 0 spiro atoms. The van der Waals surface area contributed by atoms with E-state index in [0.717, 1.165) is 6.42 Å². The Balaban J connectivity index is 1.93. The molecule has 0 N–H and O–H groups in total. The van der Waals surface area contributed by atoms with E-state index in [9.17, 15) is 9.59 Å². The van der Waals surface area contributed by atoms with E-state index in [1.54, 1.807) is 24.3 Å². The maximum absolute atomic E-state index is 12.1. The summed E-state index contributed by atoms with van der Waals surface area (Å²) in [5.74, 6) is -0.932. The van der Waals surface area contributed by atoms with Gasteiger partial charge in [-0.15, -0.1) is 0 Å². The van der Waals surface area contributed by atoms with E-state index in [0.29, 0.717) is 17.0 Å². The summed E-state index contributed by atoms with van der Waals surface area (Å²) >= 11 is 5.92. The Kier molecular flexibility index (Phi) is 6.76. The minimum absolute atomic E-state index is 0.0250. The summed E-state index contributed by atoms with van der Waals surface area (Å²) in [6, 6.07) is 16.9. The number of ether oxygens (including phenoxy) is 1. The molecule has 2 aromatic rings. The van der Waals surface area contributed by atoms with Crippen LogP contribution in [0.1, 0.15) is 24.5 Å². The molecular weight excluding hydrogens is 324 g/mol. The van der Waals surface area contributed by atoms with Gasteiger partial charge in [0.1, 0.15) is 5.57 Å². The molecule has 0 aliphatic heterocycles. The van der Waals surface area contributed by atoms with Crippen LogP contribution < -0.4 is 0 Å². The quantitative estimate of drug-likeness (QED) is 0.245. The van der Waals surface area contributed by atoms with Crippen molar-refractivity contribution in [3.05, 3.63) is 76.3 Å². The molecule has 4 heteroatoms. The lowest BCUT2D eigenvalue weighted by Crippen LogP contribution is -2.14. The largest absolute Gasteiger partial charge is 0.462 e. The molecule has 0 aliphatic carbocycles. The molecule has 24 heavy (non-hydrogen) atoms. The third-order valence-electron chi connectivity index (χ3n) is 3.44. The second-order valence-corrected chi connectivity index (χ2v) is 5.83. The van der Waals surface area contributed by atoms with Gasteiger partial charge in [0.25, 0.3) is 0 Å². The minimum atomic E-state index is -0.601. The van der Waals surface area contributed by atoms with Crippen LogP contribution >= 0.6 is 11.6 Å². The normalized spacial score (nSPS) is 11.2. The molecule has 124 valence electrons. The van der Waals surface area contributed by atoms with Gasteiger partial charge >= 0.3 is 5.97 Å². The number of hydrogen-bond donors (Lipinski definition) is 0. The van der Waals surface area contributed by atoms with Gasteiger partial charge in [-0.25, -0.2) is 4.79 Å². The standard InChI is InChI=1S/C20H19ClO3/c1-15(22)19(14-17-9-5-11-18(21)13-17)20(23)24-12-6-10-16-7-3-2-4-8-16/h2-5,7-9,11,13-14H,6,10,12H2,1H3/b19-14-. The predicted molar refractivity (Wildman–Crippen MR) is 95.8 cm³/mol. The van der Waals surface area contributed by atoms with Crippen LogP contribution in [0.15, 0.2) is 60.2 Å². The first kappa shape index (κ1) is 18.0. The number of halogens is 1. The average Bonchev–Trinajstić information content (AvgIpc) is 2.57. The van der Waals surface area contributed by atoms with Gasteiger partial charge < -0.3 is 4.74 Å². The molecule has 0 saturated carbocycles. The highest BCUT2D eigenvalue weighted by atomic mass is 35.5. The molecule has 2 aromatic carbocycles. The van der Waals surface area contributed by atoms with Crippen molar-refractivity contribution in [3.63, 3.8) is 0 Å². The highest BCUT2D eigenvalue weighted by Crippen LogP contribution is 2.15. The lowest BCUT2D eigenvalue weighted by atomic mass is 10.1. The van der Waals surface area contributed by atoms with Crippen LogP contribution in [-0.4, -0.2) is 18.4 Å². The van der Waals surface area contributed by atoms with E-state index in [1.807, 2.05) is 30.3 Å². The maximum Gasteiger partial charge on any atom is 0.341 e. The molecule has 0 bridgehead atoms. The number of hydrogen-bond acceptors (Lipinski definition) is 3. The summed E-state index contributed by atoms with van der Waals surface area (Å²) in [4.78, 5) is 23.9. The first-order valence-electron chi connectivity index (χ1n) is 7.75. The topological polar surface area (TPSA) is 43.4 Å². The van der Waals surface area contributed by atoms with E-state index in [1.165, 1.54) is 18.6 Å². The van der Waals surface area contributed by atoms with Gasteiger partial charge in [-0.05, 0) is 49.1 Å². The molecule has 0 aromatic heterocycles. The highest BCUT2D eigenvalue weighted by molar-refractivity contribution is 6.30. The molecule has 0 amide bonds. The zero-order valence-electron chi connectivity index (χ0n) is 13.5. The molecule has 0 unspecified atom stereocenters. The molecular formula is C20H19ClO3. The fourth-order valence-corrected chi connectivity index (χ4v) is 2.43.